The molecule has 2 aromatic heterocycles. The van der Waals surface area contributed by atoms with Crippen LogP contribution in [0.5, 0.6) is 0 Å². The van der Waals surface area contributed by atoms with Crippen molar-refractivity contribution in [2.45, 2.75) is 38.0 Å². The van der Waals surface area contributed by atoms with Gasteiger partial charge in [-0.15, -0.1) is 0 Å². The van der Waals surface area contributed by atoms with Gasteiger partial charge >= 0.3 is 0 Å². The maximum atomic E-state index is 12.9. The molecule has 0 aliphatic heterocycles. The van der Waals surface area contributed by atoms with Crippen LogP contribution in [0.2, 0.25) is 0 Å². The predicted octanol–water partition coefficient (Wildman–Crippen LogP) is 1.29. The summed E-state index contributed by atoms with van der Waals surface area (Å²) in [6, 6.07) is 26.6. The fourth-order valence-electron chi connectivity index (χ4n) is 4.42. The van der Waals surface area contributed by atoms with Crippen molar-refractivity contribution in [3.8, 4) is 0 Å². The van der Waals surface area contributed by atoms with Crippen molar-refractivity contribution in [3.05, 3.63) is 131 Å². The normalized spacial score (nSPS) is 11.8. The smallest absolute Gasteiger partial charge is 0.270 e. The van der Waals surface area contributed by atoms with Gasteiger partial charge in [-0.1, -0.05) is 72.8 Å². The average Bonchev–Trinajstić information content (AvgIpc) is 3.06. The number of nitrogens with two attached hydrogens (primary N) is 2. The van der Waals surface area contributed by atoms with E-state index in [1.807, 2.05) is 60.7 Å². The van der Waals surface area contributed by atoms with E-state index in [0.29, 0.717) is 16.5 Å². The third-order valence-corrected chi connectivity index (χ3v) is 7.09. The number of nitrogens with zero attached hydrogens (tertiary/aromatic N) is 2. The van der Waals surface area contributed by atoms with Crippen molar-refractivity contribution in [2.24, 2.45) is 11.5 Å². The Hall–Kier alpha value is -5.69. The minimum absolute atomic E-state index is 0.124. The third-order valence-electron chi connectivity index (χ3n) is 6.80. The highest BCUT2D eigenvalue weighted by atomic mass is 32.1. The first-order valence-electron chi connectivity index (χ1n) is 14.4. The molecule has 12 nitrogen and oxygen atoms in total. The number of rotatable bonds is 14. The van der Waals surface area contributed by atoms with Crippen LogP contribution in [0, 0.1) is 0 Å². The molecule has 0 saturated carbocycles. The molecular weight excluding hydrogens is 604 g/mol. The molecule has 4 aromatic rings. The van der Waals surface area contributed by atoms with Gasteiger partial charge in [0.25, 0.3) is 11.8 Å². The molecule has 0 unspecified atom stereocenters. The number of carbonyl (C=O) groups is 4. The summed E-state index contributed by atoms with van der Waals surface area (Å²) in [6.45, 7) is 0.421. The van der Waals surface area contributed by atoms with Crippen LogP contribution in [0.3, 0.4) is 0 Å². The molecule has 236 valence electrons. The van der Waals surface area contributed by atoms with Crippen molar-refractivity contribution in [3.63, 3.8) is 0 Å². The van der Waals surface area contributed by atoms with Gasteiger partial charge in [0.15, 0.2) is 5.11 Å². The number of nitrogens with one attached hydrogen (secondary N) is 4. The first-order chi connectivity index (χ1) is 22.2. The molecule has 0 saturated heterocycles. The largest absolute Gasteiger partial charge is 0.368 e. The second kappa shape index (κ2) is 16.4. The Labute approximate surface area is 271 Å². The molecule has 4 amide bonds. The van der Waals surface area contributed by atoms with Gasteiger partial charge in [0.2, 0.25) is 11.8 Å². The minimum Gasteiger partial charge on any atom is -0.368 e. The van der Waals surface area contributed by atoms with Crippen molar-refractivity contribution in [1.29, 1.82) is 0 Å². The number of thiocarbonyl (C=S) groups is 1. The molecule has 2 heterocycles. The van der Waals surface area contributed by atoms with Gasteiger partial charge < -0.3 is 32.7 Å². The van der Waals surface area contributed by atoms with E-state index in [9.17, 15) is 19.2 Å². The Morgan fingerprint density at radius 3 is 1.35 bits per heavy atom. The van der Waals surface area contributed by atoms with Gasteiger partial charge in [-0.25, -0.2) is 9.97 Å². The number of carbonyl (C=O) groups excluding carboxylic acids is 4. The number of aromatic nitrogens is 2. The van der Waals surface area contributed by atoms with Crippen LogP contribution in [0.25, 0.3) is 0 Å². The van der Waals surface area contributed by atoms with E-state index in [4.69, 9.17) is 23.7 Å². The monoisotopic (exact) mass is 638 g/mol. The Kier molecular flexibility index (Phi) is 11.8. The molecule has 46 heavy (non-hydrogen) atoms. The predicted molar refractivity (Wildman–Crippen MR) is 176 cm³/mol. The summed E-state index contributed by atoms with van der Waals surface area (Å²) in [5.74, 6) is -2.35. The van der Waals surface area contributed by atoms with Crippen LogP contribution in [0.15, 0.2) is 97.1 Å². The second-order valence-corrected chi connectivity index (χ2v) is 10.7. The van der Waals surface area contributed by atoms with Gasteiger partial charge in [0.1, 0.15) is 23.5 Å². The van der Waals surface area contributed by atoms with Crippen LogP contribution >= 0.6 is 12.2 Å². The Balaban J connectivity index is 1.27. The number of hydrogen-bond donors (Lipinski definition) is 6. The van der Waals surface area contributed by atoms with Crippen molar-refractivity contribution in [2.75, 3.05) is 0 Å². The zero-order valence-electron chi connectivity index (χ0n) is 24.8. The Bertz CT molecular complexity index is 1560. The van der Waals surface area contributed by atoms with Crippen molar-refractivity contribution in [1.82, 2.24) is 31.2 Å². The molecule has 4 rings (SSSR count). The third kappa shape index (κ3) is 10.2. The molecule has 2 atom stereocenters. The van der Waals surface area contributed by atoms with Crippen molar-refractivity contribution < 1.29 is 19.2 Å². The van der Waals surface area contributed by atoms with E-state index in [2.05, 4.69) is 31.2 Å². The average molecular weight is 639 g/mol. The zero-order valence-corrected chi connectivity index (χ0v) is 25.6. The highest BCUT2D eigenvalue weighted by molar-refractivity contribution is 7.80. The number of primary amides is 2. The summed E-state index contributed by atoms with van der Waals surface area (Å²) in [6.07, 6.45) is 0.515. The Morgan fingerprint density at radius 1 is 0.587 bits per heavy atom. The van der Waals surface area contributed by atoms with E-state index in [1.54, 1.807) is 24.3 Å². The molecule has 0 aliphatic carbocycles. The number of hydrogen-bond acceptors (Lipinski definition) is 7. The van der Waals surface area contributed by atoms with E-state index in [-0.39, 0.29) is 37.3 Å². The standard InChI is InChI=1S/C33H34N8O4S/c34-29(42)27(17-21-9-3-1-4-10-21)40-31(44)25-15-7-13-23(38-25)19-36-33(46)37-20-24-14-8-16-26(39-24)32(45)41-28(30(35)43)18-22-11-5-2-6-12-22/h1-16,27-28H,17-20H2,(H2,34,42)(H2,35,43)(H,40,44)(H,41,45)(H2,36,37,46)/t27-,28-/m0/s1. The van der Waals surface area contributed by atoms with Crippen LogP contribution in [0.1, 0.15) is 43.5 Å². The maximum absolute atomic E-state index is 12.9. The highest BCUT2D eigenvalue weighted by Crippen LogP contribution is 2.07. The summed E-state index contributed by atoms with van der Waals surface area (Å²) >= 11 is 5.38. The molecule has 0 radical (unpaired) electrons. The molecule has 0 spiro atoms. The topological polar surface area (TPSA) is 194 Å². The summed E-state index contributed by atoms with van der Waals surface area (Å²) < 4.78 is 0. The van der Waals surface area contributed by atoms with Gasteiger partial charge in [0, 0.05) is 12.8 Å². The molecule has 8 N–H and O–H groups in total. The molecule has 13 heteroatoms. The molecule has 0 aliphatic rings. The summed E-state index contributed by atoms with van der Waals surface area (Å²) in [5.41, 5.74) is 14.1. The van der Waals surface area contributed by atoms with Gasteiger partial charge in [0.05, 0.1) is 24.5 Å². The van der Waals surface area contributed by atoms with Crippen LogP contribution in [-0.2, 0) is 35.5 Å². The highest BCUT2D eigenvalue weighted by Gasteiger charge is 2.21. The number of pyridine rings is 2. The molecule has 0 bridgehead atoms. The van der Waals surface area contributed by atoms with Gasteiger partial charge in [-0.3, -0.25) is 19.2 Å². The quantitative estimate of drug-likeness (QED) is 0.110. The first kappa shape index (κ1) is 33.2. The lowest BCUT2D eigenvalue weighted by Crippen LogP contribution is -2.46. The fourth-order valence-corrected chi connectivity index (χ4v) is 4.57. The van der Waals surface area contributed by atoms with E-state index in [1.165, 1.54) is 12.1 Å². The van der Waals surface area contributed by atoms with Crippen molar-refractivity contribution >= 4 is 41.0 Å². The lowest BCUT2D eigenvalue weighted by Gasteiger charge is -2.16. The van der Waals surface area contributed by atoms with Gasteiger partial charge in [-0.05, 0) is 47.6 Å². The molecule has 2 aromatic carbocycles. The lowest BCUT2D eigenvalue weighted by atomic mass is 10.1. The first-order valence-corrected chi connectivity index (χ1v) is 14.8. The van der Waals surface area contributed by atoms with E-state index < -0.39 is 35.7 Å². The Morgan fingerprint density at radius 2 is 0.978 bits per heavy atom. The fraction of sp³-hybridized carbons (Fsp3) is 0.182. The SMILES string of the molecule is NC(=O)[C@H](Cc1ccccc1)NC(=O)c1cccc(CNC(=S)NCc2cccc(C(=O)N[C@@H](Cc3ccccc3)C(N)=O)n2)n1. The summed E-state index contributed by atoms with van der Waals surface area (Å²) in [5, 5.41) is 11.6. The maximum Gasteiger partial charge on any atom is 0.270 e. The number of benzene rings is 2. The summed E-state index contributed by atoms with van der Waals surface area (Å²) in [4.78, 5) is 58.4. The molecular formula is C33H34N8O4S. The second-order valence-electron chi connectivity index (χ2n) is 10.3. The minimum atomic E-state index is -0.896. The van der Waals surface area contributed by atoms with E-state index >= 15 is 0 Å². The lowest BCUT2D eigenvalue weighted by molar-refractivity contribution is -0.120. The zero-order chi connectivity index (χ0) is 32.9. The van der Waals surface area contributed by atoms with Crippen LogP contribution in [0.4, 0.5) is 0 Å². The molecule has 0 fully saturated rings. The van der Waals surface area contributed by atoms with Crippen LogP contribution in [-0.4, -0.2) is 50.8 Å². The summed E-state index contributed by atoms with van der Waals surface area (Å²) in [7, 11) is 0. The van der Waals surface area contributed by atoms with Crippen LogP contribution < -0.4 is 32.7 Å². The number of amides is 4. The van der Waals surface area contributed by atoms with E-state index in [0.717, 1.165) is 11.1 Å². The van der Waals surface area contributed by atoms with Gasteiger partial charge in [-0.2, -0.15) is 0 Å².